The molecule has 0 aromatic carbocycles. The molecule has 0 aromatic heterocycles. The maximum atomic E-state index is 6.32. The van der Waals surface area contributed by atoms with Gasteiger partial charge in [0.25, 0.3) is 0 Å². The maximum Gasteiger partial charge on any atom is 0.0701 e. The topological polar surface area (TPSA) is 75.4 Å². The van der Waals surface area contributed by atoms with Gasteiger partial charge in [-0.1, -0.05) is 182 Å². The number of nitrogens with zero attached hydrogens (tertiary/aromatic N) is 1. The molecule has 0 fully saturated rings. The lowest BCUT2D eigenvalue weighted by molar-refractivity contribution is 0.0129. The first kappa shape index (κ1) is 60.7. The van der Waals surface area contributed by atoms with Crippen LogP contribution in [0.3, 0.4) is 0 Å². The summed E-state index contributed by atoms with van der Waals surface area (Å²) in [5.41, 5.74) is 5.52. The van der Waals surface area contributed by atoms with Crippen LogP contribution in [0.2, 0.25) is 0 Å². The molecular weight excluding hydrogens is 757 g/mol. The Morgan fingerprint density at radius 3 is 1.00 bits per heavy atom. The molecule has 0 amide bonds. The van der Waals surface area contributed by atoms with Crippen LogP contribution in [0.4, 0.5) is 0 Å². The molecular formula is C54H112N2O5. The van der Waals surface area contributed by atoms with Crippen LogP contribution in [0.15, 0.2) is 0 Å². The second-order valence-electron chi connectivity index (χ2n) is 18.7. The van der Waals surface area contributed by atoms with Crippen LogP contribution in [0.5, 0.6) is 0 Å². The molecule has 0 aliphatic rings. The van der Waals surface area contributed by atoms with Crippen molar-refractivity contribution in [3.63, 3.8) is 0 Å². The second-order valence-corrected chi connectivity index (χ2v) is 18.7. The Hall–Kier alpha value is -0.280. The van der Waals surface area contributed by atoms with Gasteiger partial charge in [0.2, 0.25) is 0 Å². The highest BCUT2D eigenvalue weighted by Crippen LogP contribution is 2.21. The second kappa shape index (κ2) is 54.1. The summed E-state index contributed by atoms with van der Waals surface area (Å²) in [6.45, 7) is 21.4. The van der Waals surface area contributed by atoms with Crippen molar-refractivity contribution in [2.24, 2.45) is 17.6 Å². The minimum absolute atomic E-state index is 0.623. The Morgan fingerprint density at radius 1 is 0.295 bits per heavy atom. The molecule has 2 atom stereocenters. The van der Waals surface area contributed by atoms with E-state index in [2.05, 4.69) is 32.6 Å². The molecule has 2 unspecified atom stereocenters. The summed E-state index contributed by atoms with van der Waals surface area (Å²) in [4.78, 5) is 2.71. The van der Waals surface area contributed by atoms with Gasteiger partial charge in [0.15, 0.2) is 0 Å². The van der Waals surface area contributed by atoms with Crippen molar-refractivity contribution in [2.75, 3.05) is 92.2 Å². The summed E-state index contributed by atoms with van der Waals surface area (Å²) < 4.78 is 29.7. The van der Waals surface area contributed by atoms with Crippen molar-refractivity contribution in [1.82, 2.24) is 4.90 Å². The lowest BCUT2D eigenvalue weighted by Crippen LogP contribution is -2.28. The molecule has 0 bridgehead atoms. The number of nitrogens with two attached hydrogens (primary N) is 1. The smallest absolute Gasteiger partial charge is 0.0701 e. The van der Waals surface area contributed by atoms with E-state index in [1.54, 1.807) is 0 Å². The van der Waals surface area contributed by atoms with Crippen LogP contribution < -0.4 is 5.73 Å². The normalized spacial score (nSPS) is 12.9. The molecule has 0 radical (unpaired) electrons. The summed E-state index contributed by atoms with van der Waals surface area (Å²) >= 11 is 0. The number of unbranched alkanes of at least 4 members (excludes halogenated alkanes) is 22. The molecule has 2 N–H and O–H groups in total. The van der Waals surface area contributed by atoms with Crippen LogP contribution in [-0.4, -0.2) is 97.1 Å². The highest BCUT2D eigenvalue weighted by atomic mass is 16.5. The summed E-state index contributed by atoms with van der Waals surface area (Å²) in [5, 5.41) is 0. The summed E-state index contributed by atoms with van der Waals surface area (Å²) in [6.07, 6.45) is 45.3. The summed E-state index contributed by atoms with van der Waals surface area (Å²) in [7, 11) is 0. The van der Waals surface area contributed by atoms with Crippen molar-refractivity contribution < 1.29 is 23.7 Å². The summed E-state index contributed by atoms with van der Waals surface area (Å²) in [5.74, 6) is 1.54. The molecule has 7 heteroatoms. The molecule has 0 saturated carbocycles. The van der Waals surface area contributed by atoms with E-state index in [0.717, 1.165) is 64.3 Å². The van der Waals surface area contributed by atoms with E-state index < -0.39 is 0 Å². The number of rotatable bonds is 55. The Labute approximate surface area is 383 Å². The van der Waals surface area contributed by atoms with Crippen molar-refractivity contribution in [1.29, 1.82) is 0 Å². The van der Waals surface area contributed by atoms with Gasteiger partial charge in [-0.2, -0.15) is 0 Å². The zero-order valence-electron chi connectivity index (χ0n) is 42.2. The van der Waals surface area contributed by atoms with Crippen molar-refractivity contribution in [3.05, 3.63) is 0 Å². The Bertz CT molecular complexity index is 728. The van der Waals surface area contributed by atoms with E-state index in [4.69, 9.17) is 29.4 Å². The number of hydrogen-bond acceptors (Lipinski definition) is 7. The third kappa shape index (κ3) is 49.0. The molecule has 368 valence electrons. The van der Waals surface area contributed by atoms with Gasteiger partial charge in [0.05, 0.1) is 26.4 Å². The highest BCUT2D eigenvalue weighted by molar-refractivity contribution is 4.64. The van der Waals surface area contributed by atoms with Crippen LogP contribution in [0.1, 0.15) is 246 Å². The minimum Gasteiger partial charge on any atom is -0.381 e. The van der Waals surface area contributed by atoms with Gasteiger partial charge in [0.1, 0.15) is 0 Å². The monoisotopic (exact) mass is 869 g/mol. The largest absolute Gasteiger partial charge is 0.381 e. The molecule has 0 aromatic rings. The van der Waals surface area contributed by atoms with Crippen molar-refractivity contribution in [2.45, 2.75) is 246 Å². The first-order valence-corrected chi connectivity index (χ1v) is 27.5. The van der Waals surface area contributed by atoms with Gasteiger partial charge in [-0.3, -0.25) is 0 Å². The Morgan fingerprint density at radius 2 is 0.590 bits per heavy atom. The Kier molecular flexibility index (Phi) is 53.8. The van der Waals surface area contributed by atoms with Gasteiger partial charge in [-0.25, -0.2) is 0 Å². The Balaban J connectivity index is 4.51. The average molecular weight is 869 g/mol. The fraction of sp³-hybridized carbons (Fsp3) is 1.00. The third-order valence-electron chi connectivity index (χ3n) is 12.6. The zero-order valence-corrected chi connectivity index (χ0v) is 42.2. The first-order valence-electron chi connectivity index (χ1n) is 27.5. The molecule has 0 aliphatic heterocycles. The van der Waals surface area contributed by atoms with E-state index >= 15 is 0 Å². The van der Waals surface area contributed by atoms with Crippen LogP contribution >= 0.6 is 0 Å². The fourth-order valence-electron chi connectivity index (χ4n) is 8.51. The van der Waals surface area contributed by atoms with Crippen molar-refractivity contribution in [3.8, 4) is 0 Å². The lowest BCUT2D eigenvalue weighted by atomic mass is 9.95. The standard InChI is InChI=1S/C54H112N2O5/c1-5-9-13-17-19-27-37-53(35-25-15-11-7-3)51-60-43-31-23-21-29-40-56(42-34-46-58-48-50-59-49-47-57-45-33-39-55)41-30-22-24-32-44-61-52-54(36-26-16-12-8-4)38-28-20-18-14-10-6-2/h53-54H,5-52,55H2,1-4H3. The molecule has 0 saturated heterocycles. The average Bonchev–Trinajstić information content (AvgIpc) is 3.27. The quantitative estimate of drug-likeness (QED) is 0.0610. The van der Waals surface area contributed by atoms with Crippen LogP contribution in [-0.2, 0) is 23.7 Å². The highest BCUT2D eigenvalue weighted by Gasteiger charge is 2.11. The fourth-order valence-corrected chi connectivity index (χ4v) is 8.51. The predicted octanol–water partition coefficient (Wildman–Crippen LogP) is 14.9. The van der Waals surface area contributed by atoms with Gasteiger partial charge in [-0.15, -0.1) is 0 Å². The number of ether oxygens (including phenoxy) is 5. The molecule has 0 spiro atoms. The third-order valence-corrected chi connectivity index (χ3v) is 12.6. The van der Waals surface area contributed by atoms with E-state index in [0.29, 0.717) is 39.6 Å². The molecule has 0 rings (SSSR count). The van der Waals surface area contributed by atoms with Gasteiger partial charge in [0, 0.05) is 46.2 Å². The molecule has 0 heterocycles. The first-order chi connectivity index (χ1) is 30.2. The predicted molar refractivity (Wildman–Crippen MR) is 266 cm³/mol. The van der Waals surface area contributed by atoms with Crippen molar-refractivity contribution >= 4 is 0 Å². The maximum absolute atomic E-state index is 6.32. The molecule has 61 heavy (non-hydrogen) atoms. The lowest BCUT2D eigenvalue weighted by Gasteiger charge is -2.22. The van der Waals surface area contributed by atoms with E-state index in [1.165, 1.54) is 219 Å². The van der Waals surface area contributed by atoms with E-state index in [9.17, 15) is 0 Å². The van der Waals surface area contributed by atoms with Gasteiger partial charge in [-0.05, 0) is 95.7 Å². The van der Waals surface area contributed by atoms with Gasteiger partial charge >= 0.3 is 0 Å². The van der Waals surface area contributed by atoms with Crippen LogP contribution in [0, 0.1) is 11.8 Å². The zero-order chi connectivity index (χ0) is 44.2. The van der Waals surface area contributed by atoms with Gasteiger partial charge < -0.3 is 34.3 Å². The van der Waals surface area contributed by atoms with E-state index in [-0.39, 0.29) is 0 Å². The molecule has 0 aliphatic carbocycles. The van der Waals surface area contributed by atoms with Crippen LogP contribution in [0.25, 0.3) is 0 Å². The SMILES string of the molecule is CCCCCCCCC(CCCCCC)COCCCCCCN(CCCCCCOCC(CCCCCC)CCCCCCCC)CCCOCCOCCOCCCN. The number of hydrogen-bond donors (Lipinski definition) is 1. The minimum atomic E-state index is 0.623. The summed E-state index contributed by atoms with van der Waals surface area (Å²) in [6, 6.07) is 0. The van der Waals surface area contributed by atoms with E-state index in [1.807, 2.05) is 0 Å². The molecule has 7 nitrogen and oxygen atoms in total.